The van der Waals surface area contributed by atoms with E-state index in [0.29, 0.717) is 19.3 Å². The van der Waals surface area contributed by atoms with Gasteiger partial charge in [0, 0.05) is 19.3 Å². The van der Waals surface area contributed by atoms with E-state index in [1.807, 2.05) is 0 Å². The van der Waals surface area contributed by atoms with E-state index in [1.54, 1.807) is 0 Å². The van der Waals surface area contributed by atoms with E-state index in [4.69, 9.17) is 14.2 Å². The van der Waals surface area contributed by atoms with Crippen LogP contribution < -0.4 is 0 Å². The number of carbonyl (C=O) groups excluding carboxylic acids is 3. The number of unbranched alkanes of at least 4 members (excludes halogenated alkanes) is 13. The van der Waals surface area contributed by atoms with E-state index >= 15 is 0 Å². The molecule has 0 fully saturated rings. The van der Waals surface area contributed by atoms with Crippen LogP contribution in [0.5, 0.6) is 0 Å². The third-order valence-electron chi connectivity index (χ3n) is 12.4. The van der Waals surface area contributed by atoms with Gasteiger partial charge >= 0.3 is 17.9 Å². The van der Waals surface area contributed by atoms with Crippen LogP contribution in [0, 0.1) is 0 Å². The van der Waals surface area contributed by atoms with Gasteiger partial charge in [-0.2, -0.15) is 0 Å². The first-order valence-corrected chi connectivity index (χ1v) is 31.3. The molecule has 0 rings (SSSR count). The first-order chi connectivity index (χ1) is 39.0. The molecule has 0 aromatic rings. The molecule has 6 nitrogen and oxygen atoms in total. The predicted octanol–water partition coefficient (Wildman–Crippen LogP) is 21.7. The Bertz CT molecular complexity index is 1870. The standard InChI is InChI=1S/C73H112O6/c1-4-7-10-13-15-17-19-21-23-25-27-29-31-33-35-36-38-39-41-43-45-47-49-51-53-55-57-60-63-66-72(75)78-69-70(68-77-71(74)65-62-59-12-9-6-3)79-73(76)67-64-61-58-56-54-52-50-48-46-44-42-40-37-34-32-30-28-26-24-22-20-18-16-14-11-8-5-2/h7-8,10-11,15-18,21-24,27-30,33-35,37-39,42-45,48,50,54,56,70H,4-6,9,12-14,19-20,25-26,31-32,36,40-41,46-47,49,51-53,55,57-69H2,1-3H3/b10-7-,11-8-,17-15-,18-16-,23-21-,24-22-,29-27-,30-28-,35-33-,37-34-,39-38-,44-42-,45-43-,50-48-,56-54-. The number of ether oxygens (including phenoxy) is 3. The minimum atomic E-state index is -0.813. The highest BCUT2D eigenvalue weighted by Gasteiger charge is 2.19. The first-order valence-electron chi connectivity index (χ1n) is 31.3. The number of esters is 3. The third kappa shape index (κ3) is 63.2. The van der Waals surface area contributed by atoms with Crippen molar-refractivity contribution in [3.63, 3.8) is 0 Å². The van der Waals surface area contributed by atoms with Crippen molar-refractivity contribution in [3.05, 3.63) is 182 Å². The monoisotopic (exact) mass is 1080 g/mol. The summed E-state index contributed by atoms with van der Waals surface area (Å²) in [5, 5.41) is 0. The molecule has 1 atom stereocenters. The van der Waals surface area contributed by atoms with Crippen LogP contribution in [0.3, 0.4) is 0 Å². The highest BCUT2D eigenvalue weighted by atomic mass is 16.6. The van der Waals surface area contributed by atoms with Gasteiger partial charge in [-0.3, -0.25) is 14.4 Å². The molecule has 440 valence electrons. The molecule has 0 aromatic carbocycles. The summed E-state index contributed by atoms with van der Waals surface area (Å²) in [4.78, 5) is 37.9. The molecule has 0 amide bonds. The quantitative estimate of drug-likeness (QED) is 0.0261. The Balaban J connectivity index is 4.23. The Kier molecular flexibility index (Phi) is 60.5. The fourth-order valence-electron chi connectivity index (χ4n) is 7.79. The van der Waals surface area contributed by atoms with Gasteiger partial charge < -0.3 is 14.2 Å². The van der Waals surface area contributed by atoms with Gasteiger partial charge in [-0.15, -0.1) is 0 Å². The van der Waals surface area contributed by atoms with Gasteiger partial charge in [-0.1, -0.05) is 261 Å². The summed E-state index contributed by atoms with van der Waals surface area (Å²) in [5.41, 5.74) is 0. The van der Waals surface area contributed by atoms with Crippen LogP contribution in [0.1, 0.15) is 239 Å². The topological polar surface area (TPSA) is 78.9 Å². The Morgan fingerprint density at radius 2 is 0.494 bits per heavy atom. The van der Waals surface area contributed by atoms with E-state index in [-0.39, 0.29) is 37.5 Å². The molecular formula is C73H112O6. The molecule has 79 heavy (non-hydrogen) atoms. The van der Waals surface area contributed by atoms with Gasteiger partial charge in [0.05, 0.1) is 0 Å². The second-order valence-corrected chi connectivity index (χ2v) is 19.9. The van der Waals surface area contributed by atoms with Gasteiger partial charge in [-0.25, -0.2) is 0 Å². The fourth-order valence-corrected chi connectivity index (χ4v) is 7.79. The van der Waals surface area contributed by atoms with Crippen molar-refractivity contribution in [1.82, 2.24) is 0 Å². The molecule has 0 bridgehead atoms. The van der Waals surface area contributed by atoms with Crippen molar-refractivity contribution in [2.45, 2.75) is 245 Å². The SMILES string of the molecule is CC/C=C\C/C=C\C/C=C\C/C=C\C/C=C\C/C=C\C/C=C\C/C=C\CCCCC(=O)OC(COC(=O)CCCCCCC)COC(=O)CCCCCCCCC/C=C\C/C=C\C/C=C\C/C=C\C/C=C\C/C=C\C/C=C\CC. The lowest BCUT2D eigenvalue weighted by Gasteiger charge is -2.18. The Hall–Kier alpha value is -5.49. The third-order valence-corrected chi connectivity index (χ3v) is 12.4. The smallest absolute Gasteiger partial charge is 0.306 e. The molecule has 0 aliphatic carbocycles. The van der Waals surface area contributed by atoms with E-state index in [9.17, 15) is 14.4 Å². The number of allylic oxidation sites excluding steroid dienone is 30. The largest absolute Gasteiger partial charge is 0.462 e. The Morgan fingerprint density at radius 3 is 0.797 bits per heavy atom. The molecule has 0 radical (unpaired) electrons. The van der Waals surface area contributed by atoms with Gasteiger partial charge in [0.15, 0.2) is 6.10 Å². The minimum absolute atomic E-state index is 0.109. The molecule has 0 aliphatic rings. The first kappa shape index (κ1) is 73.5. The van der Waals surface area contributed by atoms with Crippen LogP contribution >= 0.6 is 0 Å². The lowest BCUT2D eigenvalue weighted by atomic mass is 10.1. The molecular weight excluding hydrogens is 973 g/mol. The van der Waals surface area contributed by atoms with Gasteiger partial charge in [0.25, 0.3) is 0 Å². The second-order valence-electron chi connectivity index (χ2n) is 19.9. The van der Waals surface area contributed by atoms with Crippen molar-refractivity contribution in [2.24, 2.45) is 0 Å². The Labute approximate surface area is 484 Å². The van der Waals surface area contributed by atoms with Crippen molar-refractivity contribution in [2.75, 3.05) is 13.2 Å². The van der Waals surface area contributed by atoms with Crippen molar-refractivity contribution in [1.29, 1.82) is 0 Å². The van der Waals surface area contributed by atoms with Crippen LogP contribution in [-0.4, -0.2) is 37.2 Å². The number of hydrogen-bond acceptors (Lipinski definition) is 6. The van der Waals surface area contributed by atoms with E-state index in [0.717, 1.165) is 167 Å². The van der Waals surface area contributed by atoms with Crippen molar-refractivity contribution < 1.29 is 28.6 Å². The zero-order valence-corrected chi connectivity index (χ0v) is 50.3. The lowest BCUT2D eigenvalue weighted by Crippen LogP contribution is -2.30. The summed E-state index contributed by atoms with van der Waals surface area (Å²) < 4.78 is 16.7. The second kappa shape index (κ2) is 65.0. The maximum atomic E-state index is 12.8. The van der Waals surface area contributed by atoms with Crippen molar-refractivity contribution in [3.8, 4) is 0 Å². The number of rotatable bonds is 54. The minimum Gasteiger partial charge on any atom is -0.462 e. The fraction of sp³-hybridized carbons (Fsp3) is 0.548. The maximum Gasteiger partial charge on any atom is 0.306 e. The number of hydrogen-bond donors (Lipinski definition) is 0. The summed E-state index contributed by atoms with van der Waals surface area (Å²) in [6.45, 7) is 6.26. The Morgan fingerprint density at radius 1 is 0.266 bits per heavy atom. The van der Waals surface area contributed by atoms with Gasteiger partial charge in [-0.05, 0) is 141 Å². The molecule has 0 N–H and O–H groups in total. The van der Waals surface area contributed by atoms with E-state index < -0.39 is 6.10 Å². The molecule has 0 spiro atoms. The molecule has 1 unspecified atom stereocenters. The highest BCUT2D eigenvalue weighted by molar-refractivity contribution is 5.71. The molecule has 0 saturated heterocycles. The van der Waals surface area contributed by atoms with Gasteiger partial charge in [0.1, 0.15) is 13.2 Å². The van der Waals surface area contributed by atoms with Crippen LogP contribution in [0.2, 0.25) is 0 Å². The average molecular weight is 1090 g/mol. The van der Waals surface area contributed by atoms with Crippen LogP contribution in [0.4, 0.5) is 0 Å². The molecule has 0 heterocycles. The average Bonchev–Trinajstić information content (AvgIpc) is 3.45. The molecule has 0 saturated carbocycles. The normalized spacial score (nSPS) is 13.4. The summed E-state index contributed by atoms with van der Waals surface area (Å²) in [6, 6.07) is 0. The maximum absolute atomic E-state index is 12.8. The van der Waals surface area contributed by atoms with Crippen molar-refractivity contribution >= 4 is 17.9 Å². The molecule has 0 aromatic heterocycles. The zero-order valence-electron chi connectivity index (χ0n) is 50.3. The van der Waals surface area contributed by atoms with Crippen LogP contribution in [0.15, 0.2) is 182 Å². The van der Waals surface area contributed by atoms with Gasteiger partial charge in [0.2, 0.25) is 0 Å². The zero-order chi connectivity index (χ0) is 57.1. The number of carbonyl (C=O) groups is 3. The summed E-state index contributed by atoms with van der Waals surface area (Å²) in [5.74, 6) is -0.989. The highest BCUT2D eigenvalue weighted by Crippen LogP contribution is 2.13. The van der Waals surface area contributed by atoms with Crippen LogP contribution in [-0.2, 0) is 28.6 Å². The lowest BCUT2D eigenvalue weighted by molar-refractivity contribution is -0.167. The van der Waals surface area contributed by atoms with E-state index in [2.05, 4.69) is 203 Å². The van der Waals surface area contributed by atoms with Crippen LogP contribution in [0.25, 0.3) is 0 Å². The summed E-state index contributed by atoms with van der Waals surface area (Å²) >= 11 is 0. The molecule has 0 aliphatic heterocycles. The predicted molar refractivity (Wildman–Crippen MR) is 343 cm³/mol. The van der Waals surface area contributed by atoms with E-state index in [1.165, 1.54) is 25.7 Å². The molecule has 6 heteroatoms. The summed E-state index contributed by atoms with van der Waals surface area (Å²) in [7, 11) is 0. The summed E-state index contributed by atoms with van der Waals surface area (Å²) in [6.07, 6.45) is 98.0.